The van der Waals surface area contributed by atoms with Crippen LogP contribution in [0.5, 0.6) is 0 Å². The Morgan fingerprint density at radius 2 is 1.89 bits per heavy atom. The zero-order chi connectivity index (χ0) is 19.6. The van der Waals surface area contributed by atoms with Crippen LogP contribution in [0.15, 0.2) is 45.7 Å². The molecule has 1 heterocycles. The minimum absolute atomic E-state index is 0.00674. The van der Waals surface area contributed by atoms with Crippen molar-refractivity contribution >= 4 is 32.7 Å². The number of benzene rings is 2. The van der Waals surface area contributed by atoms with Crippen LogP contribution in [-0.2, 0) is 14.8 Å². The Bertz CT molecular complexity index is 1100. The van der Waals surface area contributed by atoms with E-state index in [1.807, 2.05) is 13.0 Å². The van der Waals surface area contributed by atoms with Crippen LogP contribution >= 0.6 is 0 Å². The second-order valence-electron chi connectivity index (χ2n) is 6.38. The largest absolute Gasteiger partial charge is 0.441 e. The monoisotopic (exact) mass is 387 g/mol. The lowest BCUT2D eigenvalue weighted by molar-refractivity contribution is -0.116. The van der Waals surface area contributed by atoms with Crippen molar-refractivity contribution in [1.82, 2.24) is 9.71 Å². The highest BCUT2D eigenvalue weighted by molar-refractivity contribution is 7.89. The predicted molar refractivity (Wildman–Crippen MR) is 103 cm³/mol. The van der Waals surface area contributed by atoms with Crippen LogP contribution in [-0.4, -0.2) is 25.9 Å². The zero-order valence-electron chi connectivity index (χ0n) is 15.4. The van der Waals surface area contributed by atoms with Crippen molar-refractivity contribution in [3.05, 3.63) is 53.4 Å². The fourth-order valence-corrected chi connectivity index (χ4v) is 4.08. The van der Waals surface area contributed by atoms with Crippen LogP contribution in [0.25, 0.3) is 11.1 Å². The number of sulfonamides is 1. The molecule has 0 aliphatic carbocycles. The highest BCUT2D eigenvalue weighted by Gasteiger charge is 2.17. The van der Waals surface area contributed by atoms with Crippen molar-refractivity contribution in [2.45, 2.75) is 32.1 Å². The summed E-state index contributed by atoms with van der Waals surface area (Å²) in [6.45, 7) is 5.40. The normalized spacial score (nSPS) is 11.7. The Hall–Kier alpha value is -2.71. The molecular weight excluding hydrogens is 366 g/mol. The Kier molecular flexibility index (Phi) is 5.29. The third kappa shape index (κ3) is 4.53. The standard InChI is InChI=1S/C19H21N3O4S/c1-12-4-7-18(13(2)10-12)27(24,25)20-9-8-19(23)22-15-5-6-17-16(11-15)21-14(3)26-17/h4-7,10-11,20H,8-9H2,1-3H3,(H,22,23). The van der Waals surface area contributed by atoms with Crippen LogP contribution in [0.4, 0.5) is 5.69 Å². The number of anilines is 1. The summed E-state index contributed by atoms with van der Waals surface area (Å²) in [5.74, 6) is 0.257. The van der Waals surface area contributed by atoms with Crippen LogP contribution in [0, 0.1) is 20.8 Å². The molecule has 2 N–H and O–H groups in total. The van der Waals surface area contributed by atoms with E-state index in [4.69, 9.17) is 4.42 Å². The summed E-state index contributed by atoms with van der Waals surface area (Å²) < 4.78 is 32.6. The average Bonchev–Trinajstić information content (AvgIpc) is 2.93. The van der Waals surface area contributed by atoms with Gasteiger partial charge in [0.15, 0.2) is 11.5 Å². The first-order chi connectivity index (χ1) is 12.7. The van der Waals surface area contributed by atoms with E-state index in [2.05, 4.69) is 15.0 Å². The molecule has 0 atom stereocenters. The Labute approximate surface area is 157 Å². The molecule has 142 valence electrons. The van der Waals surface area contributed by atoms with Gasteiger partial charge in [-0.1, -0.05) is 17.7 Å². The van der Waals surface area contributed by atoms with E-state index in [1.54, 1.807) is 44.2 Å². The van der Waals surface area contributed by atoms with Gasteiger partial charge < -0.3 is 9.73 Å². The molecule has 0 aliphatic heterocycles. The number of aryl methyl sites for hydroxylation is 3. The van der Waals surface area contributed by atoms with E-state index in [9.17, 15) is 13.2 Å². The molecule has 3 rings (SSSR count). The molecule has 1 amide bonds. The fraction of sp³-hybridized carbons (Fsp3) is 0.263. The molecule has 0 unspecified atom stereocenters. The molecule has 8 heteroatoms. The molecular formula is C19H21N3O4S. The van der Waals surface area contributed by atoms with Gasteiger partial charge in [-0.3, -0.25) is 4.79 Å². The number of oxazole rings is 1. The van der Waals surface area contributed by atoms with Gasteiger partial charge >= 0.3 is 0 Å². The first kappa shape index (κ1) is 19.1. The number of carbonyl (C=O) groups excluding carboxylic acids is 1. The summed E-state index contributed by atoms with van der Waals surface area (Å²) >= 11 is 0. The number of hydrogen-bond donors (Lipinski definition) is 2. The summed E-state index contributed by atoms with van der Waals surface area (Å²) in [6.07, 6.45) is 0.0139. The van der Waals surface area contributed by atoms with Gasteiger partial charge in [-0.25, -0.2) is 18.1 Å². The van der Waals surface area contributed by atoms with Gasteiger partial charge in [0.05, 0.1) is 4.90 Å². The lowest BCUT2D eigenvalue weighted by Gasteiger charge is -2.10. The highest BCUT2D eigenvalue weighted by Crippen LogP contribution is 2.20. The summed E-state index contributed by atoms with van der Waals surface area (Å²) in [4.78, 5) is 16.5. The number of amides is 1. The minimum Gasteiger partial charge on any atom is -0.441 e. The van der Waals surface area contributed by atoms with E-state index < -0.39 is 10.0 Å². The van der Waals surface area contributed by atoms with E-state index >= 15 is 0 Å². The average molecular weight is 387 g/mol. The fourth-order valence-electron chi connectivity index (χ4n) is 2.82. The van der Waals surface area contributed by atoms with E-state index in [0.717, 1.165) is 5.56 Å². The second-order valence-corrected chi connectivity index (χ2v) is 8.12. The van der Waals surface area contributed by atoms with Crippen molar-refractivity contribution in [1.29, 1.82) is 0 Å². The summed E-state index contributed by atoms with van der Waals surface area (Å²) in [7, 11) is -3.65. The second kappa shape index (κ2) is 7.50. The lowest BCUT2D eigenvalue weighted by Crippen LogP contribution is -2.28. The van der Waals surface area contributed by atoms with Crippen LogP contribution in [0.2, 0.25) is 0 Å². The molecule has 0 bridgehead atoms. The van der Waals surface area contributed by atoms with Gasteiger partial charge in [-0.15, -0.1) is 0 Å². The van der Waals surface area contributed by atoms with Crippen molar-refractivity contribution in [3.8, 4) is 0 Å². The van der Waals surface area contributed by atoms with Gasteiger partial charge in [0, 0.05) is 25.6 Å². The number of carbonyl (C=O) groups is 1. The maximum atomic E-state index is 12.4. The Morgan fingerprint density at radius 1 is 1.11 bits per heavy atom. The molecule has 7 nitrogen and oxygen atoms in total. The number of nitrogens with one attached hydrogen (secondary N) is 2. The number of aromatic nitrogens is 1. The summed E-state index contributed by atoms with van der Waals surface area (Å²) in [5, 5.41) is 2.73. The molecule has 0 fully saturated rings. The lowest BCUT2D eigenvalue weighted by atomic mass is 10.2. The molecule has 27 heavy (non-hydrogen) atoms. The van der Waals surface area contributed by atoms with Crippen molar-refractivity contribution in [2.24, 2.45) is 0 Å². The molecule has 3 aromatic rings. The zero-order valence-corrected chi connectivity index (χ0v) is 16.2. The first-order valence-electron chi connectivity index (χ1n) is 8.48. The summed E-state index contributed by atoms with van der Waals surface area (Å²) in [5.41, 5.74) is 3.54. The van der Waals surface area contributed by atoms with Gasteiger partial charge in [0.25, 0.3) is 0 Å². The third-order valence-electron chi connectivity index (χ3n) is 4.04. The van der Waals surface area contributed by atoms with Crippen LogP contribution in [0.3, 0.4) is 0 Å². The topological polar surface area (TPSA) is 101 Å². The molecule has 0 radical (unpaired) electrons. The van der Waals surface area contributed by atoms with Gasteiger partial charge in [0.1, 0.15) is 5.52 Å². The van der Waals surface area contributed by atoms with Crippen molar-refractivity contribution in [3.63, 3.8) is 0 Å². The van der Waals surface area contributed by atoms with E-state index in [1.165, 1.54) is 0 Å². The SMILES string of the molecule is Cc1ccc(S(=O)(=O)NCCC(=O)Nc2ccc3oc(C)nc3c2)c(C)c1. The molecule has 2 aromatic carbocycles. The molecule has 0 saturated carbocycles. The van der Waals surface area contributed by atoms with Gasteiger partial charge in [0.2, 0.25) is 15.9 Å². The van der Waals surface area contributed by atoms with E-state index in [0.29, 0.717) is 28.2 Å². The number of fused-ring (bicyclic) bond motifs is 1. The van der Waals surface area contributed by atoms with Crippen LogP contribution in [0.1, 0.15) is 23.4 Å². The third-order valence-corrected chi connectivity index (χ3v) is 5.66. The van der Waals surface area contributed by atoms with E-state index in [-0.39, 0.29) is 23.8 Å². The smallest absolute Gasteiger partial charge is 0.240 e. The minimum atomic E-state index is -3.65. The maximum Gasteiger partial charge on any atom is 0.240 e. The first-order valence-corrected chi connectivity index (χ1v) is 9.97. The summed E-state index contributed by atoms with van der Waals surface area (Å²) in [6, 6.07) is 10.3. The Morgan fingerprint density at radius 3 is 2.63 bits per heavy atom. The van der Waals surface area contributed by atoms with Crippen LogP contribution < -0.4 is 10.0 Å². The van der Waals surface area contributed by atoms with Gasteiger partial charge in [-0.2, -0.15) is 0 Å². The maximum absolute atomic E-state index is 12.4. The predicted octanol–water partition coefficient (Wildman–Crippen LogP) is 3.06. The van der Waals surface area contributed by atoms with Crippen molar-refractivity contribution in [2.75, 3.05) is 11.9 Å². The van der Waals surface area contributed by atoms with Gasteiger partial charge in [-0.05, 0) is 43.7 Å². The quantitative estimate of drug-likeness (QED) is 0.677. The number of hydrogen-bond acceptors (Lipinski definition) is 5. The highest BCUT2D eigenvalue weighted by atomic mass is 32.2. The molecule has 1 aromatic heterocycles. The number of rotatable bonds is 6. The van der Waals surface area contributed by atoms with Crippen molar-refractivity contribution < 1.29 is 17.6 Å². The molecule has 0 aliphatic rings. The molecule has 0 saturated heterocycles. The molecule has 0 spiro atoms. The number of nitrogens with zero attached hydrogens (tertiary/aromatic N) is 1. The Balaban J connectivity index is 1.58.